The van der Waals surface area contributed by atoms with E-state index in [9.17, 15) is 0 Å². The highest BCUT2D eigenvalue weighted by atomic mass is 15.4. The summed E-state index contributed by atoms with van der Waals surface area (Å²) in [4.78, 5) is 17.4. The first-order valence-corrected chi connectivity index (χ1v) is 9.25. The lowest BCUT2D eigenvalue weighted by atomic mass is 10.1. The van der Waals surface area contributed by atoms with Crippen LogP contribution in [0.5, 0.6) is 0 Å². The van der Waals surface area contributed by atoms with Gasteiger partial charge in [-0.15, -0.1) is 0 Å². The van der Waals surface area contributed by atoms with E-state index in [4.69, 9.17) is 5.26 Å². The van der Waals surface area contributed by atoms with Crippen molar-refractivity contribution in [3.63, 3.8) is 0 Å². The van der Waals surface area contributed by atoms with Crippen LogP contribution in [0.1, 0.15) is 11.3 Å². The van der Waals surface area contributed by atoms with E-state index in [2.05, 4.69) is 47.5 Å². The number of fused-ring (bicyclic) bond motifs is 1. The van der Waals surface area contributed by atoms with Crippen molar-refractivity contribution >= 4 is 34.0 Å². The maximum atomic E-state index is 9.01. The van der Waals surface area contributed by atoms with Crippen LogP contribution in [-0.4, -0.2) is 27.0 Å². The number of pyridine rings is 2. The largest absolute Gasteiger partial charge is 0.363 e. The molecular weight excluding hydrogens is 378 g/mol. The lowest BCUT2D eigenvalue weighted by Crippen LogP contribution is -2.18. The molecule has 0 atom stereocenters. The summed E-state index contributed by atoms with van der Waals surface area (Å²) >= 11 is 0. The van der Waals surface area contributed by atoms with Crippen molar-refractivity contribution in [2.24, 2.45) is 0 Å². The number of nitrogens with zero attached hydrogens (tertiary/aromatic N) is 5. The van der Waals surface area contributed by atoms with Crippen LogP contribution in [0.25, 0.3) is 10.9 Å². The third kappa shape index (κ3) is 4.40. The Morgan fingerprint density at radius 1 is 1.00 bits per heavy atom. The van der Waals surface area contributed by atoms with Crippen LogP contribution in [0, 0.1) is 11.3 Å². The highest BCUT2D eigenvalue weighted by molar-refractivity contribution is 5.79. The van der Waals surface area contributed by atoms with Gasteiger partial charge in [-0.1, -0.05) is 12.1 Å². The fourth-order valence-corrected chi connectivity index (χ4v) is 2.92. The van der Waals surface area contributed by atoms with Gasteiger partial charge in [0, 0.05) is 37.1 Å². The number of nitriles is 1. The van der Waals surface area contributed by atoms with Crippen molar-refractivity contribution in [3.8, 4) is 6.07 Å². The second-order valence-corrected chi connectivity index (χ2v) is 6.38. The molecule has 0 fully saturated rings. The molecule has 4 aromatic rings. The number of benzene rings is 1. The van der Waals surface area contributed by atoms with Crippen molar-refractivity contribution in [1.29, 1.82) is 5.26 Å². The molecule has 0 saturated heterocycles. The Morgan fingerprint density at radius 2 is 1.93 bits per heavy atom. The number of aromatic nitrogens is 4. The average Bonchev–Trinajstić information content (AvgIpc) is 2.79. The quantitative estimate of drug-likeness (QED) is 0.348. The van der Waals surface area contributed by atoms with Gasteiger partial charge in [-0.3, -0.25) is 4.98 Å². The zero-order chi connectivity index (χ0) is 20.8. The number of rotatable bonds is 7. The molecule has 0 aliphatic rings. The summed E-state index contributed by atoms with van der Waals surface area (Å²) < 4.78 is 0. The maximum absolute atomic E-state index is 9.01. The number of hydrazine groups is 1. The molecular formula is C21H19N9. The topological polar surface area (TPSA) is 123 Å². The Kier molecular flexibility index (Phi) is 5.59. The van der Waals surface area contributed by atoms with Crippen molar-refractivity contribution in [1.82, 2.24) is 25.4 Å². The molecule has 9 heteroatoms. The Labute approximate surface area is 173 Å². The zero-order valence-corrected chi connectivity index (χ0v) is 16.2. The SMILES string of the molecule is CNNc1ncc(Nc2ccnc(C#N)c2)nc1NCc1ccc2ncccc2c1. The lowest BCUT2D eigenvalue weighted by molar-refractivity contribution is 0.954. The second kappa shape index (κ2) is 8.81. The van der Waals surface area contributed by atoms with Gasteiger partial charge in [-0.2, -0.15) is 5.26 Å². The minimum atomic E-state index is 0.325. The van der Waals surface area contributed by atoms with Gasteiger partial charge in [-0.05, 0) is 35.9 Å². The zero-order valence-electron chi connectivity index (χ0n) is 16.2. The van der Waals surface area contributed by atoms with Crippen LogP contribution >= 0.6 is 0 Å². The van der Waals surface area contributed by atoms with E-state index in [1.54, 1.807) is 37.8 Å². The third-order valence-electron chi connectivity index (χ3n) is 4.29. The highest BCUT2D eigenvalue weighted by Crippen LogP contribution is 2.22. The molecule has 0 radical (unpaired) electrons. The Hall–Kier alpha value is -4.29. The third-order valence-corrected chi connectivity index (χ3v) is 4.29. The molecule has 0 saturated carbocycles. The van der Waals surface area contributed by atoms with Crippen molar-refractivity contribution in [2.75, 3.05) is 23.1 Å². The van der Waals surface area contributed by atoms with Crippen LogP contribution in [0.4, 0.5) is 23.1 Å². The van der Waals surface area contributed by atoms with Crippen LogP contribution < -0.4 is 21.5 Å². The molecule has 0 amide bonds. The molecule has 4 rings (SSSR count). The average molecular weight is 397 g/mol. The Bertz CT molecular complexity index is 1220. The minimum Gasteiger partial charge on any atom is -0.363 e. The molecule has 0 unspecified atom stereocenters. The Morgan fingerprint density at radius 3 is 2.80 bits per heavy atom. The van der Waals surface area contributed by atoms with E-state index in [0.29, 0.717) is 35.4 Å². The van der Waals surface area contributed by atoms with E-state index in [-0.39, 0.29) is 0 Å². The molecule has 0 spiro atoms. The van der Waals surface area contributed by atoms with Gasteiger partial charge >= 0.3 is 0 Å². The van der Waals surface area contributed by atoms with Gasteiger partial charge < -0.3 is 16.1 Å². The predicted octanol–water partition coefficient (Wildman–Crippen LogP) is 3.19. The summed E-state index contributed by atoms with van der Waals surface area (Å²) in [6.07, 6.45) is 4.96. The monoisotopic (exact) mass is 397 g/mol. The van der Waals surface area contributed by atoms with E-state index < -0.39 is 0 Å². The smallest absolute Gasteiger partial charge is 0.183 e. The van der Waals surface area contributed by atoms with Gasteiger partial charge in [0.05, 0.1) is 11.7 Å². The van der Waals surface area contributed by atoms with Crippen molar-refractivity contribution in [3.05, 3.63) is 72.3 Å². The van der Waals surface area contributed by atoms with Gasteiger partial charge in [-0.25, -0.2) is 20.4 Å². The number of hydrogen-bond acceptors (Lipinski definition) is 9. The van der Waals surface area contributed by atoms with Gasteiger partial charge in [0.2, 0.25) is 0 Å². The maximum Gasteiger partial charge on any atom is 0.183 e. The molecule has 9 nitrogen and oxygen atoms in total. The molecule has 30 heavy (non-hydrogen) atoms. The van der Waals surface area contributed by atoms with E-state index in [0.717, 1.165) is 16.5 Å². The molecule has 3 heterocycles. The molecule has 148 valence electrons. The highest BCUT2D eigenvalue weighted by Gasteiger charge is 2.08. The molecule has 4 N–H and O–H groups in total. The summed E-state index contributed by atoms with van der Waals surface area (Å²) in [6, 6.07) is 15.5. The lowest BCUT2D eigenvalue weighted by Gasteiger charge is -2.14. The normalized spacial score (nSPS) is 10.4. The van der Waals surface area contributed by atoms with Crippen LogP contribution in [0.2, 0.25) is 0 Å². The second-order valence-electron chi connectivity index (χ2n) is 6.38. The standard InChI is InChI=1S/C21H19N9/c1-23-30-21-20(26-12-14-4-5-18-15(9-14)3-2-7-25-18)29-19(13-27-21)28-16-6-8-24-17(10-16)11-22/h2-10,13,23H,12H2,1H3,(H,27,30)(H2,24,26,28,29). The first-order valence-electron chi connectivity index (χ1n) is 9.25. The van der Waals surface area contributed by atoms with Crippen LogP contribution in [0.3, 0.4) is 0 Å². The van der Waals surface area contributed by atoms with E-state index in [1.165, 1.54) is 0 Å². The minimum absolute atomic E-state index is 0.325. The van der Waals surface area contributed by atoms with Crippen molar-refractivity contribution in [2.45, 2.75) is 6.54 Å². The number of hydrogen-bond donors (Lipinski definition) is 4. The number of nitrogens with one attached hydrogen (secondary N) is 4. The summed E-state index contributed by atoms with van der Waals surface area (Å²) in [5.74, 6) is 1.69. The molecule has 1 aromatic carbocycles. The fourth-order valence-electron chi connectivity index (χ4n) is 2.92. The Balaban J connectivity index is 1.55. The summed E-state index contributed by atoms with van der Waals surface area (Å²) in [7, 11) is 1.76. The first-order chi connectivity index (χ1) is 14.7. The van der Waals surface area contributed by atoms with E-state index >= 15 is 0 Å². The van der Waals surface area contributed by atoms with Gasteiger partial charge in [0.15, 0.2) is 17.5 Å². The van der Waals surface area contributed by atoms with Crippen molar-refractivity contribution < 1.29 is 0 Å². The molecule has 0 aliphatic heterocycles. The summed E-state index contributed by atoms with van der Waals surface area (Å²) in [5, 5.41) is 16.6. The van der Waals surface area contributed by atoms with E-state index in [1.807, 2.05) is 30.3 Å². The summed E-state index contributed by atoms with van der Waals surface area (Å²) in [6.45, 7) is 0.565. The number of anilines is 4. The van der Waals surface area contributed by atoms with Crippen LogP contribution in [-0.2, 0) is 6.54 Å². The summed E-state index contributed by atoms with van der Waals surface area (Å²) in [5.41, 5.74) is 8.92. The molecule has 0 bridgehead atoms. The predicted molar refractivity (Wildman–Crippen MR) is 116 cm³/mol. The van der Waals surface area contributed by atoms with Gasteiger partial charge in [0.25, 0.3) is 0 Å². The molecule has 3 aromatic heterocycles. The van der Waals surface area contributed by atoms with Crippen LogP contribution in [0.15, 0.2) is 61.1 Å². The fraction of sp³-hybridized carbons (Fsp3) is 0.0952. The first kappa shape index (κ1) is 19.0. The molecule has 0 aliphatic carbocycles. The van der Waals surface area contributed by atoms with Gasteiger partial charge in [0.1, 0.15) is 11.8 Å².